The topological polar surface area (TPSA) is 31.0 Å². The molecule has 3 nitrogen and oxygen atoms in total. The number of fused-ring (bicyclic) bond motifs is 1. The Hall–Kier alpha value is -1.26. The highest BCUT2D eigenvalue weighted by atomic mass is 79.9. The van der Waals surface area contributed by atoms with E-state index in [1.54, 1.807) is 0 Å². The number of hydrogen-bond donors (Lipinski definition) is 0. The molecule has 0 saturated heterocycles. The Morgan fingerprint density at radius 3 is 2.81 bits per heavy atom. The van der Waals surface area contributed by atoms with Crippen LogP contribution >= 0.6 is 27.5 Å². The van der Waals surface area contributed by atoms with Gasteiger partial charge in [0.2, 0.25) is 0 Å². The smallest absolute Gasteiger partial charge is 0.126 e. The molecule has 0 amide bonds. The molecule has 0 bridgehead atoms. The number of aromatic nitrogens is 2. The van der Waals surface area contributed by atoms with E-state index in [0.717, 1.165) is 39.3 Å². The molecule has 1 aromatic carbocycles. The summed E-state index contributed by atoms with van der Waals surface area (Å²) >= 11 is 9.43. The summed E-state index contributed by atoms with van der Waals surface area (Å²) < 4.78 is 9.02. The number of halogens is 2. The van der Waals surface area contributed by atoms with Gasteiger partial charge in [0.25, 0.3) is 0 Å². The second kappa shape index (κ2) is 5.85. The van der Waals surface area contributed by atoms with Crippen LogP contribution in [0.3, 0.4) is 0 Å². The molecule has 1 atom stereocenters. The average Bonchev–Trinajstić information content (AvgIpc) is 3.01. The first kappa shape index (κ1) is 14.7. The molecule has 0 aliphatic rings. The van der Waals surface area contributed by atoms with E-state index in [1.807, 2.05) is 31.2 Å². The minimum Gasteiger partial charge on any atom is -0.464 e. The summed E-state index contributed by atoms with van der Waals surface area (Å²) in [5.74, 6) is 3.39. The van der Waals surface area contributed by atoms with Crippen LogP contribution in [0.5, 0.6) is 0 Å². The third-order valence-electron chi connectivity index (χ3n) is 3.60. The van der Waals surface area contributed by atoms with Crippen molar-refractivity contribution in [2.75, 3.05) is 5.88 Å². The molecule has 1 unspecified atom stereocenters. The summed E-state index contributed by atoms with van der Waals surface area (Å²) in [6.07, 6.45) is 0.734. The average molecular weight is 368 g/mol. The summed E-state index contributed by atoms with van der Waals surface area (Å²) in [7, 11) is 0. The molecule has 2 heterocycles. The lowest BCUT2D eigenvalue weighted by Gasteiger charge is -2.15. The van der Waals surface area contributed by atoms with Crippen molar-refractivity contribution in [2.45, 2.75) is 26.3 Å². The highest BCUT2D eigenvalue weighted by Crippen LogP contribution is 2.29. The minimum atomic E-state index is 0.0862. The molecule has 5 heteroatoms. The van der Waals surface area contributed by atoms with Crippen molar-refractivity contribution in [1.82, 2.24) is 9.55 Å². The number of rotatable bonds is 4. The lowest BCUT2D eigenvalue weighted by Crippen LogP contribution is -2.10. The fourth-order valence-corrected chi connectivity index (χ4v) is 3.14. The highest BCUT2D eigenvalue weighted by Gasteiger charge is 2.19. The van der Waals surface area contributed by atoms with Crippen molar-refractivity contribution in [3.05, 3.63) is 52.1 Å². The molecule has 0 aliphatic heterocycles. The van der Waals surface area contributed by atoms with Crippen LogP contribution in [-0.2, 0) is 6.42 Å². The fraction of sp³-hybridized carbons (Fsp3) is 0.312. The molecule has 3 aromatic rings. The first-order valence-electron chi connectivity index (χ1n) is 6.89. The van der Waals surface area contributed by atoms with Crippen molar-refractivity contribution < 1.29 is 4.42 Å². The molecule has 0 saturated carbocycles. The quantitative estimate of drug-likeness (QED) is 0.601. The Balaban J connectivity index is 2.16. The molecule has 0 N–H and O–H groups in total. The number of hydrogen-bond acceptors (Lipinski definition) is 2. The maximum atomic E-state index is 5.94. The van der Waals surface area contributed by atoms with Gasteiger partial charge >= 0.3 is 0 Å². The molecule has 0 fully saturated rings. The van der Waals surface area contributed by atoms with Gasteiger partial charge in [0.15, 0.2) is 0 Å². The van der Waals surface area contributed by atoms with Gasteiger partial charge in [-0.25, -0.2) is 4.98 Å². The van der Waals surface area contributed by atoms with Gasteiger partial charge in [-0.1, -0.05) is 15.9 Å². The number of alkyl halides is 1. The lowest BCUT2D eigenvalue weighted by atomic mass is 10.2. The van der Waals surface area contributed by atoms with E-state index in [4.69, 9.17) is 21.0 Å². The first-order chi connectivity index (χ1) is 10.1. The van der Waals surface area contributed by atoms with Crippen LogP contribution in [0.2, 0.25) is 0 Å². The Morgan fingerprint density at radius 2 is 2.14 bits per heavy atom. The van der Waals surface area contributed by atoms with Crippen LogP contribution in [0.1, 0.15) is 30.3 Å². The molecule has 3 rings (SSSR count). The molecule has 2 aromatic heterocycles. The molecular weight excluding hydrogens is 352 g/mol. The Bertz CT molecular complexity index is 778. The van der Waals surface area contributed by atoms with Crippen LogP contribution in [0.25, 0.3) is 11.0 Å². The van der Waals surface area contributed by atoms with Gasteiger partial charge in [0.1, 0.15) is 17.3 Å². The molecule has 0 radical (unpaired) electrons. The molecule has 21 heavy (non-hydrogen) atoms. The molecular formula is C16H16BrClN2O. The largest absolute Gasteiger partial charge is 0.464 e. The van der Waals surface area contributed by atoms with E-state index < -0.39 is 0 Å². The van der Waals surface area contributed by atoms with Crippen molar-refractivity contribution in [1.29, 1.82) is 0 Å². The summed E-state index contributed by atoms with van der Waals surface area (Å²) in [6.45, 7) is 4.08. The van der Waals surface area contributed by atoms with Crippen LogP contribution in [0.15, 0.2) is 39.2 Å². The van der Waals surface area contributed by atoms with Crippen molar-refractivity contribution >= 4 is 38.6 Å². The van der Waals surface area contributed by atoms with Crippen LogP contribution in [0.4, 0.5) is 0 Å². The lowest BCUT2D eigenvalue weighted by molar-refractivity contribution is 0.428. The molecule has 110 valence electrons. The van der Waals surface area contributed by atoms with E-state index in [2.05, 4.69) is 33.5 Å². The van der Waals surface area contributed by atoms with Gasteiger partial charge in [0, 0.05) is 16.8 Å². The monoisotopic (exact) mass is 366 g/mol. The van der Waals surface area contributed by atoms with Crippen LogP contribution in [0, 0.1) is 6.92 Å². The van der Waals surface area contributed by atoms with E-state index in [-0.39, 0.29) is 6.04 Å². The van der Waals surface area contributed by atoms with Gasteiger partial charge in [0.05, 0.1) is 17.1 Å². The van der Waals surface area contributed by atoms with E-state index in [0.29, 0.717) is 5.88 Å². The minimum absolute atomic E-state index is 0.0862. The van der Waals surface area contributed by atoms with Crippen molar-refractivity contribution in [2.24, 2.45) is 0 Å². The summed E-state index contributed by atoms with van der Waals surface area (Å²) in [5.41, 5.74) is 2.07. The van der Waals surface area contributed by atoms with Gasteiger partial charge in [-0.05, 0) is 44.2 Å². The van der Waals surface area contributed by atoms with E-state index in [1.165, 1.54) is 0 Å². The number of furan rings is 1. The Morgan fingerprint density at radius 1 is 1.33 bits per heavy atom. The SMILES string of the molecule is Cc1ccc(C(C)n2c(CCCl)nc3cc(Br)ccc32)o1. The maximum absolute atomic E-state index is 5.94. The highest BCUT2D eigenvalue weighted by molar-refractivity contribution is 9.10. The van der Waals surface area contributed by atoms with Gasteiger partial charge in [-0.2, -0.15) is 0 Å². The second-order valence-electron chi connectivity index (χ2n) is 5.09. The summed E-state index contributed by atoms with van der Waals surface area (Å²) in [6, 6.07) is 10.2. The molecule has 0 spiro atoms. The zero-order chi connectivity index (χ0) is 15.0. The van der Waals surface area contributed by atoms with Crippen molar-refractivity contribution in [3.8, 4) is 0 Å². The van der Waals surface area contributed by atoms with E-state index in [9.17, 15) is 0 Å². The van der Waals surface area contributed by atoms with Crippen LogP contribution in [-0.4, -0.2) is 15.4 Å². The third kappa shape index (κ3) is 2.74. The number of benzene rings is 1. The number of imidazole rings is 1. The molecule has 0 aliphatic carbocycles. The predicted octanol–water partition coefficient (Wildman–Crippen LogP) is 5.09. The standard InChI is InChI=1S/C16H16BrClN2O/c1-10-3-6-15(21-10)11(2)20-14-5-4-12(17)9-13(14)19-16(20)7-8-18/h3-6,9,11H,7-8H2,1-2H3. The third-order valence-corrected chi connectivity index (χ3v) is 4.29. The predicted molar refractivity (Wildman–Crippen MR) is 89.1 cm³/mol. The summed E-state index contributed by atoms with van der Waals surface area (Å²) in [4.78, 5) is 4.72. The normalized spacial score (nSPS) is 13.0. The number of nitrogens with zero attached hydrogens (tertiary/aromatic N) is 2. The zero-order valence-corrected chi connectivity index (χ0v) is 14.3. The number of aryl methyl sites for hydroxylation is 2. The van der Waals surface area contributed by atoms with Gasteiger partial charge in [-0.15, -0.1) is 11.6 Å². The van der Waals surface area contributed by atoms with Gasteiger partial charge < -0.3 is 8.98 Å². The first-order valence-corrected chi connectivity index (χ1v) is 8.21. The zero-order valence-electron chi connectivity index (χ0n) is 11.9. The summed E-state index contributed by atoms with van der Waals surface area (Å²) in [5, 5.41) is 0. The fourth-order valence-electron chi connectivity index (χ4n) is 2.62. The van der Waals surface area contributed by atoms with E-state index >= 15 is 0 Å². The van der Waals surface area contributed by atoms with Gasteiger partial charge in [-0.3, -0.25) is 0 Å². The second-order valence-corrected chi connectivity index (χ2v) is 6.39. The maximum Gasteiger partial charge on any atom is 0.126 e. The van der Waals surface area contributed by atoms with Crippen molar-refractivity contribution in [3.63, 3.8) is 0 Å². The Labute approximate surface area is 137 Å². The van der Waals surface area contributed by atoms with Crippen LogP contribution < -0.4 is 0 Å². The Kier molecular flexibility index (Phi) is 4.09.